The number of rotatable bonds is 4. The zero-order valence-electron chi connectivity index (χ0n) is 12.6. The quantitative estimate of drug-likeness (QED) is 0.815. The second kappa shape index (κ2) is 5.64. The molecule has 1 amide bonds. The van der Waals surface area contributed by atoms with Crippen LogP contribution >= 0.6 is 0 Å². The minimum absolute atomic E-state index is 0.345. The molecule has 0 fully saturated rings. The third-order valence-electron chi connectivity index (χ3n) is 3.79. The van der Waals surface area contributed by atoms with Gasteiger partial charge in [0.1, 0.15) is 12.4 Å². The Labute approximate surface area is 129 Å². The van der Waals surface area contributed by atoms with Crippen LogP contribution in [-0.2, 0) is 4.79 Å². The maximum Gasteiger partial charge on any atom is 0.299 e. The second-order valence-electron chi connectivity index (χ2n) is 5.42. The molecular weight excluding hydrogens is 278 g/mol. The van der Waals surface area contributed by atoms with Gasteiger partial charge in [0.25, 0.3) is 11.7 Å². The molecule has 22 heavy (non-hydrogen) atoms. The lowest BCUT2D eigenvalue weighted by Gasteiger charge is -2.17. The number of benzene rings is 2. The molecule has 0 aromatic heterocycles. The maximum atomic E-state index is 12.0. The van der Waals surface area contributed by atoms with E-state index in [1.54, 1.807) is 18.2 Å². The number of hydrogen-bond donors (Lipinski definition) is 0. The summed E-state index contributed by atoms with van der Waals surface area (Å²) in [5.41, 5.74) is 3.31. The first kappa shape index (κ1) is 14.3. The standard InChI is InChI=1S/C18H17NO3/c1-12-7-8-13(2)16(11-12)22-10-9-19-15-6-4-3-5-14(15)17(20)18(19)21/h3-8,11H,9-10H2,1-2H3. The number of carbonyl (C=O) groups is 2. The van der Waals surface area contributed by atoms with E-state index in [0.717, 1.165) is 16.9 Å². The molecule has 0 radical (unpaired) electrons. The number of para-hydroxylation sites is 1. The molecule has 112 valence electrons. The Balaban J connectivity index is 1.71. The third-order valence-corrected chi connectivity index (χ3v) is 3.79. The van der Waals surface area contributed by atoms with Crippen LogP contribution in [-0.4, -0.2) is 24.8 Å². The van der Waals surface area contributed by atoms with E-state index in [4.69, 9.17) is 4.74 Å². The molecule has 1 heterocycles. The fourth-order valence-corrected chi connectivity index (χ4v) is 2.58. The third kappa shape index (κ3) is 2.48. The summed E-state index contributed by atoms with van der Waals surface area (Å²) in [4.78, 5) is 25.4. The first-order valence-electron chi connectivity index (χ1n) is 7.23. The number of Topliss-reactive ketones (excluding diaryl/α,β-unsaturated/α-hetero) is 1. The normalized spacial score (nSPS) is 13.5. The van der Waals surface area contributed by atoms with E-state index in [9.17, 15) is 9.59 Å². The Kier molecular flexibility index (Phi) is 3.67. The molecule has 2 aromatic rings. The van der Waals surface area contributed by atoms with E-state index in [1.165, 1.54) is 4.90 Å². The Morgan fingerprint density at radius 2 is 1.82 bits per heavy atom. The van der Waals surface area contributed by atoms with Crippen molar-refractivity contribution in [3.05, 3.63) is 59.2 Å². The van der Waals surface area contributed by atoms with Crippen molar-refractivity contribution < 1.29 is 14.3 Å². The monoisotopic (exact) mass is 295 g/mol. The Morgan fingerprint density at radius 1 is 1.05 bits per heavy atom. The Hall–Kier alpha value is -2.62. The van der Waals surface area contributed by atoms with Crippen molar-refractivity contribution in [3.63, 3.8) is 0 Å². The summed E-state index contributed by atoms with van der Waals surface area (Å²) in [5, 5.41) is 0. The number of ether oxygens (including phenoxy) is 1. The number of carbonyl (C=O) groups excluding carboxylic acids is 2. The van der Waals surface area contributed by atoms with Gasteiger partial charge < -0.3 is 9.64 Å². The number of ketones is 1. The van der Waals surface area contributed by atoms with E-state index >= 15 is 0 Å². The van der Waals surface area contributed by atoms with E-state index in [0.29, 0.717) is 24.4 Å². The summed E-state index contributed by atoms with van der Waals surface area (Å²) in [5.74, 6) is -0.112. The minimum atomic E-state index is -0.481. The fraction of sp³-hybridized carbons (Fsp3) is 0.222. The van der Waals surface area contributed by atoms with Gasteiger partial charge in [-0.05, 0) is 43.2 Å². The van der Waals surface area contributed by atoms with Gasteiger partial charge >= 0.3 is 0 Å². The fourth-order valence-electron chi connectivity index (χ4n) is 2.58. The summed E-state index contributed by atoms with van der Waals surface area (Å²) in [6.07, 6.45) is 0. The van der Waals surface area contributed by atoms with Gasteiger partial charge in [-0.25, -0.2) is 0 Å². The van der Waals surface area contributed by atoms with E-state index in [2.05, 4.69) is 0 Å². The molecular formula is C18H17NO3. The number of amides is 1. The first-order chi connectivity index (χ1) is 10.6. The molecule has 1 aliphatic heterocycles. The van der Waals surface area contributed by atoms with Crippen molar-refractivity contribution in [2.45, 2.75) is 13.8 Å². The topological polar surface area (TPSA) is 46.6 Å². The number of anilines is 1. The lowest BCUT2D eigenvalue weighted by molar-refractivity contribution is -0.114. The molecule has 0 unspecified atom stereocenters. The number of fused-ring (bicyclic) bond motifs is 1. The summed E-state index contributed by atoms with van der Waals surface area (Å²) in [7, 11) is 0. The van der Waals surface area contributed by atoms with Crippen LogP contribution in [0.2, 0.25) is 0 Å². The largest absolute Gasteiger partial charge is 0.491 e. The molecule has 0 spiro atoms. The summed E-state index contributed by atoms with van der Waals surface area (Å²) < 4.78 is 5.77. The number of hydrogen-bond acceptors (Lipinski definition) is 3. The predicted molar refractivity (Wildman–Crippen MR) is 84.5 cm³/mol. The molecule has 0 bridgehead atoms. The molecule has 1 aliphatic rings. The van der Waals surface area contributed by atoms with Crippen molar-refractivity contribution >= 4 is 17.4 Å². The second-order valence-corrected chi connectivity index (χ2v) is 5.42. The number of aryl methyl sites for hydroxylation is 2. The highest BCUT2D eigenvalue weighted by Gasteiger charge is 2.35. The lowest BCUT2D eigenvalue weighted by atomic mass is 10.1. The van der Waals surface area contributed by atoms with Gasteiger partial charge in [-0.2, -0.15) is 0 Å². The smallest absolute Gasteiger partial charge is 0.299 e. The Morgan fingerprint density at radius 3 is 2.64 bits per heavy atom. The van der Waals surface area contributed by atoms with Crippen LogP contribution in [0.25, 0.3) is 0 Å². The predicted octanol–water partition coefficient (Wildman–Crippen LogP) is 2.91. The molecule has 0 saturated heterocycles. The molecule has 2 aromatic carbocycles. The summed E-state index contributed by atoms with van der Waals surface area (Å²) >= 11 is 0. The molecule has 0 atom stereocenters. The average Bonchev–Trinajstić information content (AvgIpc) is 2.76. The highest BCUT2D eigenvalue weighted by Crippen LogP contribution is 2.28. The molecule has 3 rings (SSSR count). The molecule has 4 heteroatoms. The zero-order valence-corrected chi connectivity index (χ0v) is 12.6. The van der Waals surface area contributed by atoms with Gasteiger partial charge in [0.05, 0.1) is 17.8 Å². The van der Waals surface area contributed by atoms with Gasteiger partial charge in [-0.3, -0.25) is 9.59 Å². The Bertz CT molecular complexity index is 752. The van der Waals surface area contributed by atoms with Crippen LogP contribution in [0, 0.1) is 13.8 Å². The zero-order chi connectivity index (χ0) is 15.7. The molecule has 4 nitrogen and oxygen atoms in total. The molecule has 0 aliphatic carbocycles. The van der Waals surface area contributed by atoms with Gasteiger partial charge in [-0.15, -0.1) is 0 Å². The van der Waals surface area contributed by atoms with Crippen LogP contribution in [0.5, 0.6) is 5.75 Å². The van der Waals surface area contributed by atoms with Gasteiger partial charge in [0, 0.05) is 0 Å². The molecule has 0 N–H and O–H groups in total. The highest BCUT2D eigenvalue weighted by atomic mass is 16.5. The maximum absolute atomic E-state index is 12.0. The van der Waals surface area contributed by atoms with Crippen LogP contribution in [0.15, 0.2) is 42.5 Å². The van der Waals surface area contributed by atoms with Crippen molar-refractivity contribution in [1.29, 1.82) is 0 Å². The average molecular weight is 295 g/mol. The molecule has 0 saturated carbocycles. The minimum Gasteiger partial charge on any atom is -0.491 e. The van der Waals surface area contributed by atoms with Gasteiger partial charge in [0.15, 0.2) is 0 Å². The van der Waals surface area contributed by atoms with Crippen LogP contribution in [0.4, 0.5) is 5.69 Å². The van der Waals surface area contributed by atoms with Crippen molar-refractivity contribution in [2.24, 2.45) is 0 Å². The first-order valence-corrected chi connectivity index (χ1v) is 7.23. The van der Waals surface area contributed by atoms with Gasteiger partial charge in [0.2, 0.25) is 0 Å². The summed E-state index contributed by atoms with van der Waals surface area (Å²) in [6, 6.07) is 13.1. The van der Waals surface area contributed by atoms with Crippen molar-refractivity contribution in [3.8, 4) is 5.75 Å². The highest BCUT2D eigenvalue weighted by molar-refractivity contribution is 6.52. The van der Waals surface area contributed by atoms with Crippen molar-refractivity contribution in [1.82, 2.24) is 0 Å². The van der Waals surface area contributed by atoms with Crippen LogP contribution < -0.4 is 9.64 Å². The van der Waals surface area contributed by atoms with E-state index in [1.807, 2.05) is 38.1 Å². The lowest BCUT2D eigenvalue weighted by Crippen LogP contribution is -2.33. The van der Waals surface area contributed by atoms with Crippen LogP contribution in [0.3, 0.4) is 0 Å². The van der Waals surface area contributed by atoms with Gasteiger partial charge in [-0.1, -0.05) is 24.3 Å². The SMILES string of the molecule is Cc1ccc(C)c(OCCN2C(=O)C(=O)c3ccccc32)c1. The van der Waals surface area contributed by atoms with E-state index < -0.39 is 11.7 Å². The number of nitrogens with zero attached hydrogens (tertiary/aromatic N) is 1. The van der Waals surface area contributed by atoms with Crippen molar-refractivity contribution in [2.75, 3.05) is 18.1 Å². The van der Waals surface area contributed by atoms with E-state index in [-0.39, 0.29) is 0 Å². The summed E-state index contributed by atoms with van der Waals surface area (Å²) in [6.45, 7) is 4.69. The van der Waals surface area contributed by atoms with Crippen LogP contribution in [0.1, 0.15) is 21.5 Å².